The molecule has 32 heavy (non-hydrogen) atoms. The van der Waals surface area contributed by atoms with Crippen LogP contribution in [0.1, 0.15) is 25.7 Å². The lowest BCUT2D eigenvalue weighted by Crippen LogP contribution is -2.38. The molecule has 0 amide bonds. The molecule has 0 aliphatic heterocycles. The molecule has 8 nitrogen and oxygen atoms in total. The van der Waals surface area contributed by atoms with Crippen molar-refractivity contribution < 1.29 is 28.5 Å². The molecule has 0 unspecified atom stereocenters. The second kappa shape index (κ2) is 11.6. The number of halogens is 2. The van der Waals surface area contributed by atoms with Gasteiger partial charge in [-0.2, -0.15) is 0 Å². The Morgan fingerprint density at radius 1 is 0.750 bits per heavy atom. The number of hydrogen-bond acceptors (Lipinski definition) is 8. The third-order valence-corrected chi connectivity index (χ3v) is 6.17. The van der Waals surface area contributed by atoms with Crippen molar-refractivity contribution in [2.45, 2.75) is 37.9 Å². The number of esters is 2. The van der Waals surface area contributed by atoms with Crippen molar-refractivity contribution in [2.75, 3.05) is 14.2 Å². The zero-order valence-corrected chi connectivity index (χ0v) is 20.9. The minimum Gasteiger partial charge on any atom is -0.474 e. The molecule has 0 atom stereocenters. The first-order valence-electron chi connectivity index (χ1n) is 10.1. The van der Waals surface area contributed by atoms with Gasteiger partial charge in [0.25, 0.3) is 0 Å². The maximum absolute atomic E-state index is 11.1. The first-order chi connectivity index (χ1) is 15.4. The smallest absolute Gasteiger partial charge is 0.308 e. The van der Waals surface area contributed by atoms with E-state index in [-0.39, 0.29) is 36.0 Å². The second-order valence-corrected chi connectivity index (χ2v) is 9.32. The molecular weight excluding hydrogens is 548 g/mol. The summed E-state index contributed by atoms with van der Waals surface area (Å²) in [6, 6.07) is 7.35. The highest BCUT2D eigenvalue weighted by atomic mass is 79.9. The number of carbonyl (C=O) groups is 2. The molecule has 0 bridgehead atoms. The number of nitrogens with zero attached hydrogens (tertiary/aromatic N) is 2. The van der Waals surface area contributed by atoms with Crippen LogP contribution < -0.4 is 9.47 Å². The van der Waals surface area contributed by atoms with Gasteiger partial charge in [0.2, 0.25) is 11.8 Å². The molecule has 2 aliphatic rings. The summed E-state index contributed by atoms with van der Waals surface area (Å²) >= 11 is 6.60. The predicted molar refractivity (Wildman–Crippen MR) is 122 cm³/mol. The molecule has 172 valence electrons. The van der Waals surface area contributed by atoms with E-state index in [4.69, 9.17) is 9.47 Å². The normalized spacial score (nSPS) is 23.4. The summed E-state index contributed by atoms with van der Waals surface area (Å²) in [5.41, 5.74) is 0. The van der Waals surface area contributed by atoms with Crippen molar-refractivity contribution >= 4 is 43.8 Å². The minimum atomic E-state index is -0.149. The van der Waals surface area contributed by atoms with Gasteiger partial charge in [-0.25, -0.2) is 9.97 Å². The SMILES string of the molecule is COC(=O)C1CC(Oc2ccc(Br)cn2)C1.COC(=O)C1CC(Oc2ccc(Br)cn2)C1. The Kier molecular flexibility index (Phi) is 8.86. The van der Waals surface area contributed by atoms with Gasteiger partial charge in [-0.3, -0.25) is 9.59 Å². The summed E-state index contributed by atoms with van der Waals surface area (Å²) in [5, 5.41) is 0. The van der Waals surface area contributed by atoms with Crippen molar-refractivity contribution in [3.05, 3.63) is 45.6 Å². The van der Waals surface area contributed by atoms with E-state index in [1.54, 1.807) is 24.5 Å². The van der Waals surface area contributed by atoms with Crippen molar-refractivity contribution in [3.63, 3.8) is 0 Å². The van der Waals surface area contributed by atoms with Crippen molar-refractivity contribution in [3.8, 4) is 11.8 Å². The van der Waals surface area contributed by atoms with Crippen LogP contribution >= 0.6 is 31.9 Å². The maximum atomic E-state index is 11.1. The van der Waals surface area contributed by atoms with Gasteiger partial charge in [-0.15, -0.1) is 0 Å². The van der Waals surface area contributed by atoms with Crippen LogP contribution in [0, 0.1) is 11.8 Å². The molecule has 2 aromatic rings. The number of aromatic nitrogens is 2. The van der Waals surface area contributed by atoms with E-state index in [2.05, 4.69) is 51.3 Å². The Labute approximate surface area is 203 Å². The van der Waals surface area contributed by atoms with E-state index in [9.17, 15) is 9.59 Å². The van der Waals surface area contributed by atoms with Crippen LogP contribution in [0.2, 0.25) is 0 Å². The van der Waals surface area contributed by atoms with Gasteiger partial charge in [0, 0.05) is 33.5 Å². The van der Waals surface area contributed by atoms with Crippen LogP contribution in [0.4, 0.5) is 0 Å². The Hall–Kier alpha value is -2.20. The van der Waals surface area contributed by atoms with E-state index < -0.39 is 0 Å². The second-order valence-electron chi connectivity index (χ2n) is 7.49. The highest BCUT2D eigenvalue weighted by Gasteiger charge is 2.37. The third kappa shape index (κ3) is 6.90. The fourth-order valence-corrected chi connectivity index (χ4v) is 3.72. The van der Waals surface area contributed by atoms with Crippen molar-refractivity contribution in [2.24, 2.45) is 11.8 Å². The van der Waals surface area contributed by atoms with Crippen LogP contribution in [-0.2, 0) is 19.1 Å². The Bertz CT molecular complexity index is 822. The molecule has 0 N–H and O–H groups in total. The fourth-order valence-electron chi connectivity index (χ4n) is 3.25. The third-order valence-electron chi connectivity index (χ3n) is 5.23. The lowest BCUT2D eigenvalue weighted by molar-refractivity contribution is -0.152. The number of hydrogen-bond donors (Lipinski definition) is 0. The Balaban J connectivity index is 0.000000181. The summed E-state index contributed by atoms with van der Waals surface area (Å²) in [7, 11) is 2.82. The molecule has 0 spiro atoms. The number of methoxy groups -OCH3 is 2. The van der Waals surface area contributed by atoms with Gasteiger partial charge in [0.15, 0.2) is 0 Å². The topological polar surface area (TPSA) is 96.8 Å². The molecule has 0 aromatic carbocycles. The average molecular weight is 572 g/mol. The first-order valence-corrected chi connectivity index (χ1v) is 11.7. The number of rotatable bonds is 6. The van der Waals surface area contributed by atoms with Gasteiger partial charge < -0.3 is 18.9 Å². The van der Waals surface area contributed by atoms with E-state index in [0.29, 0.717) is 37.4 Å². The number of pyridine rings is 2. The highest BCUT2D eigenvalue weighted by Crippen LogP contribution is 2.32. The van der Waals surface area contributed by atoms with Crippen LogP contribution in [0.3, 0.4) is 0 Å². The highest BCUT2D eigenvalue weighted by molar-refractivity contribution is 9.10. The summed E-state index contributed by atoms with van der Waals surface area (Å²) in [5.74, 6) is 0.871. The van der Waals surface area contributed by atoms with E-state index in [0.717, 1.165) is 8.95 Å². The minimum absolute atomic E-state index is 0.00884. The maximum Gasteiger partial charge on any atom is 0.308 e. The van der Waals surface area contributed by atoms with Crippen molar-refractivity contribution in [1.82, 2.24) is 9.97 Å². The van der Waals surface area contributed by atoms with E-state index in [1.807, 2.05) is 12.1 Å². The van der Waals surface area contributed by atoms with Gasteiger partial charge in [-0.05, 0) is 69.7 Å². The molecule has 0 radical (unpaired) electrons. The van der Waals surface area contributed by atoms with Crippen LogP contribution in [0.15, 0.2) is 45.6 Å². The van der Waals surface area contributed by atoms with E-state index in [1.165, 1.54) is 14.2 Å². The molecule has 4 rings (SSSR count). The summed E-state index contributed by atoms with van der Waals surface area (Å²) in [6.45, 7) is 0. The molecule has 10 heteroatoms. The molecule has 2 aromatic heterocycles. The average Bonchev–Trinajstić information content (AvgIpc) is 2.74. The largest absolute Gasteiger partial charge is 0.474 e. The predicted octanol–water partition coefficient (Wildman–Crippen LogP) is 4.35. The van der Waals surface area contributed by atoms with Gasteiger partial charge in [0.1, 0.15) is 12.2 Å². The van der Waals surface area contributed by atoms with Crippen LogP contribution in [-0.4, -0.2) is 48.3 Å². The molecular formula is C22H24Br2N2O6. The molecule has 2 fully saturated rings. The summed E-state index contributed by atoms with van der Waals surface area (Å²) < 4.78 is 22.3. The Morgan fingerprint density at radius 3 is 1.41 bits per heavy atom. The summed E-state index contributed by atoms with van der Waals surface area (Å²) in [6.07, 6.45) is 6.39. The monoisotopic (exact) mass is 570 g/mol. The van der Waals surface area contributed by atoms with Crippen LogP contribution in [0.25, 0.3) is 0 Å². The molecule has 2 heterocycles. The van der Waals surface area contributed by atoms with Crippen molar-refractivity contribution in [1.29, 1.82) is 0 Å². The quantitative estimate of drug-likeness (QED) is 0.472. The Morgan fingerprint density at radius 2 is 1.12 bits per heavy atom. The van der Waals surface area contributed by atoms with Gasteiger partial charge in [0.05, 0.1) is 26.1 Å². The van der Waals surface area contributed by atoms with Gasteiger partial charge in [-0.1, -0.05) is 0 Å². The van der Waals surface area contributed by atoms with Crippen LogP contribution in [0.5, 0.6) is 11.8 Å². The lowest BCUT2D eigenvalue weighted by atomic mass is 9.82. The lowest BCUT2D eigenvalue weighted by Gasteiger charge is -2.32. The van der Waals surface area contributed by atoms with E-state index >= 15 is 0 Å². The summed E-state index contributed by atoms with van der Waals surface area (Å²) in [4.78, 5) is 30.5. The standard InChI is InChI=1S/2C11H12BrNO3/c2*1-15-11(14)7-4-9(5-7)16-10-3-2-8(12)6-13-10/h2*2-3,6-7,9H,4-5H2,1H3. The fraction of sp³-hybridized carbons (Fsp3) is 0.455. The first kappa shape index (κ1) is 24.4. The molecule has 0 saturated heterocycles. The molecule has 2 saturated carbocycles. The zero-order valence-electron chi connectivity index (χ0n) is 17.7. The zero-order chi connectivity index (χ0) is 23.1. The molecule has 2 aliphatic carbocycles. The number of ether oxygens (including phenoxy) is 4. The van der Waals surface area contributed by atoms with Gasteiger partial charge >= 0.3 is 11.9 Å². The number of carbonyl (C=O) groups excluding carboxylic acids is 2.